The maximum atomic E-state index is 13.7. The van der Waals surface area contributed by atoms with E-state index in [0.717, 1.165) is 69.2 Å². The van der Waals surface area contributed by atoms with E-state index in [0.29, 0.717) is 13.1 Å². The van der Waals surface area contributed by atoms with Crippen LogP contribution in [-0.4, -0.2) is 60.2 Å². The molecule has 4 aromatic rings. The van der Waals surface area contributed by atoms with Crippen LogP contribution in [0, 0.1) is 0 Å². The van der Waals surface area contributed by atoms with Crippen LogP contribution in [0.5, 0.6) is 0 Å². The molecule has 2 heterocycles. The summed E-state index contributed by atoms with van der Waals surface area (Å²) < 4.78 is 5.49. The fourth-order valence-corrected chi connectivity index (χ4v) is 5.37. The van der Waals surface area contributed by atoms with E-state index in [9.17, 15) is 4.79 Å². The molecule has 1 atom stereocenters. The number of ether oxygens (including phenoxy) is 1. The summed E-state index contributed by atoms with van der Waals surface area (Å²) in [6.07, 6.45) is 2.74. The number of morpholine rings is 1. The molecule has 1 aliphatic heterocycles. The number of amides is 2. The standard InChI is InChI=1S/C34H41N5O2/c1-27(32-12-6-9-30-8-2-3-11-33(30)32)37-34(40)39(19-7-18-38-20-22-41-23-21-38)26-29-15-13-28(14-16-29)24-35-25-31-10-4-5-17-36-31/h2-6,8-17,27,35H,7,18-26H2,1H3,(H,37,40). The molecule has 1 fully saturated rings. The molecule has 2 amide bonds. The van der Waals surface area contributed by atoms with Crippen LogP contribution in [0.3, 0.4) is 0 Å². The molecule has 0 radical (unpaired) electrons. The molecule has 1 saturated heterocycles. The summed E-state index contributed by atoms with van der Waals surface area (Å²) in [7, 11) is 0. The number of pyridine rings is 1. The summed E-state index contributed by atoms with van der Waals surface area (Å²) in [6, 6.07) is 29.0. The summed E-state index contributed by atoms with van der Waals surface area (Å²) in [5, 5.41) is 9.10. The van der Waals surface area contributed by atoms with Crippen molar-refractivity contribution in [3.63, 3.8) is 0 Å². The van der Waals surface area contributed by atoms with Gasteiger partial charge in [0, 0.05) is 52.0 Å². The summed E-state index contributed by atoms with van der Waals surface area (Å²) in [4.78, 5) is 22.4. The first-order chi connectivity index (χ1) is 20.2. The van der Waals surface area contributed by atoms with Gasteiger partial charge in [-0.2, -0.15) is 0 Å². The Hall–Kier alpha value is -3.78. The molecule has 1 unspecified atom stereocenters. The minimum Gasteiger partial charge on any atom is -0.379 e. The Bertz CT molecular complexity index is 1370. The number of hydrogen-bond donors (Lipinski definition) is 2. The topological polar surface area (TPSA) is 69.7 Å². The molecule has 0 saturated carbocycles. The smallest absolute Gasteiger partial charge is 0.318 e. The van der Waals surface area contributed by atoms with Crippen molar-refractivity contribution in [1.29, 1.82) is 0 Å². The average Bonchev–Trinajstić information content (AvgIpc) is 3.02. The quantitative estimate of drug-likeness (QED) is 0.243. The second-order valence-electron chi connectivity index (χ2n) is 10.7. The van der Waals surface area contributed by atoms with Crippen molar-refractivity contribution in [3.8, 4) is 0 Å². The Morgan fingerprint density at radius 3 is 2.49 bits per heavy atom. The molecule has 41 heavy (non-hydrogen) atoms. The van der Waals surface area contributed by atoms with E-state index in [2.05, 4.69) is 88.1 Å². The molecule has 7 heteroatoms. The molecule has 214 valence electrons. The van der Waals surface area contributed by atoms with E-state index in [1.54, 1.807) is 0 Å². The average molecular weight is 552 g/mol. The number of nitrogens with one attached hydrogen (secondary N) is 2. The minimum absolute atomic E-state index is 0.0338. The van der Waals surface area contributed by atoms with Crippen molar-refractivity contribution in [2.45, 2.75) is 39.0 Å². The Kier molecular flexibility index (Phi) is 10.3. The third-order valence-corrected chi connectivity index (χ3v) is 7.68. The summed E-state index contributed by atoms with van der Waals surface area (Å²) in [5.74, 6) is 0. The molecule has 1 aromatic heterocycles. The van der Waals surface area contributed by atoms with Gasteiger partial charge >= 0.3 is 6.03 Å². The lowest BCUT2D eigenvalue weighted by molar-refractivity contribution is 0.0364. The molecule has 0 aliphatic carbocycles. The van der Waals surface area contributed by atoms with Crippen molar-refractivity contribution >= 4 is 16.8 Å². The van der Waals surface area contributed by atoms with Crippen LogP contribution in [0.15, 0.2) is 91.1 Å². The van der Waals surface area contributed by atoms with Gasteiger partial charge in [-0.1, -0.05) is 72.8 Å². The zero-order valence-corrected chi connectivity index (χ0v) is 24.0. The molecular formula is C34H41N5O2. The first-order valence-electron chi connectivity index (χ1n) is 14.7. The normalized spacial score (nSPS) is 14.6. The van der Waals surface area contributed by atoms with Gasteiger partial charge in [0.15, 0.2) is 0 Å². The highest BCUT2D eigenvalue weighted by molar-refractivity contribution is 5.86. The maximum absolute atomic E-state index is 13.7. The van der Waals surface area contributed by atoms with Gasteiger partial charge in [0.1, 0.15) is 0 Å². The van der Waals surface area contributed by atoms with Gasteiger partial charge in [-0.15, -0.1) is 0 Å². The number of benzene rings is 3. The maximum Gasteiger partial charge on any atom is 0.318 e. The fourth-order valence-electron chi connectivity index (χ4n) is 5.37. The summed E-state index contributed by atoms with van der Waals surface area (Å²) >= 11 is 0. The van der Waals surface area contributed by atoms with Crippen LogP contribution in [0.1, 0.15) is 41.8 Å². The first-order valence-corrected chi connectivity index (χ1v) is 14.7. The third kappa shape index (κ3) is 8.36. The van der Waals surface area contributed by atoms with Crippen molar-refractivity contribution in [1.82, 2.24) is 25.4 Å². The SMILES string of the molecule is CC(NC(=O)N(CCCN1CCOCC1)Cc1ccc(CNCc2ccccn2)cc1)c1cccc2ccccc12. The largest absolute Gasteiger partial charge is 0.379 e. The van der Waals surface area contributed by atoms with E-state index in [1.807, 2.05) is 35.4 Å². The summed E-state index contributed by atoms with van der Waals surface area (Å²) in [5.41, 5.74) is 4.49. The molecule has 7 nitrogen and oxygen atoms in total. The fraction of sp³-hybridized carbons (Fsp3) is 0.353. The van der Waals surface area contributed by atoms with Crippen LogP contribution < -0.4 is 10.6 Å². The second-order valence-corrected chi connectivity index (χ2v) is 10.7. The van der Waals surface area contributed by atoms with Crippen molar-refractivity contribution in [2.24, 2.45) is 0 Å². The zero-order chi connectivity index (χ0) is 28.3. The van der Waals surface area contributed by atoms with Gasteiger partial charge in [-0.25, -0.2) is 4.79 Å². The lowest BCUT2D eigenvalue weighted by atomic mass is 10.00. The van der Waals surface area contributed by atoms with Gasteiger partial charge in [0.05, 0.1) is 24.9 Å². The number of rotatable bonds is 12. The molecule has 0 spiro atoms. The van der Waals surface area contributed by atoms with Crippen LogP contribution >= 0.6 is 0 Å². The van der Waals surface area contributed by atoms with Crippen LogP contribution in [-0.2, 0) is 24.4 Å². The lowest BCUT2D eigenvalue weighted by Gasteiger charge is -2.29. The molecular weight excluding hydrogens is 510 g/mol. The Balaban J connectivity index is 1.21. The number of hydrogen-bond acceptors (Lipinski definition) is 5. The number of carbonyl (C=O) groups is 1. The van der Waals surface area contributed by atoms with Gasteiger partial charge < -0.3 is 20.3 Å². The van der Waals surface area contributed by atoms with Crippen molar-refractivity contribution in [3.05, 3.63) is 114 Å². The lowest BCUT2D eigenvalue weighted by Crippen LogP contribution is -2.43. The highest BCUT2D eigenvalue weighted by Crippen LogP contribution is 2.24. The molecule has 1 aliphatic rings. The van der Waals surface area contributed by atoms with Gasteiger partial charge in [-0.3, -0.25) is 9.88 Å². The molecule has 5 rings (SSSR count). The van der Waals surface area contributed by atoms with Gasteiger partial charge in [0.25, 0.3) is 0 Å². The van der Waals surface area contributed by atoms with Crippen LogP contribution in [0.25, 0.3) is 10.8 Å². The summed E-state index contributed by atoms with van der Waals surface area (Å²) in [6.45, 7) is 9.28. The Morgan fingerprint density at radius 1 is 0.927 bits per heavy atom. The van der Waals surface area contributed by atoms with E-state index in [4.69, 9.17) is 4.74 Å². The van der Waals surface area contributed by atoms with E-state index in [1.165, 1.54) is 16.3 Å². The van der Waals surface area contributed by atoms with E-state index in [-0.39, 0.29) is 12.1 Å². The molecule has 0 bridgehead atoms. The van der Waals surface area contributed by atoms with Gasteiger partial charge in [0.2, 0.25) is 0 Å². The monoisotopic (exact) mass is 551 g/mol. The minimum atomic E-state index is -0.108. The predicted octanol–water partition coefficient (Wildman–Crippen LogP) is 5.52. The van der Waals surface area contributed by atoms with E-state index < -0.39 is 0 Å². The second kappa shape index (κ2) is 14.7. The Morgan fingerprint density at radius 2 is 1.68 bits per heavy atom. The van der Waals surface area contributed by atoms with Crippen LogP contribution in [0.2, 0.25) is 0 Å². The first kappa shape index (κ1) is 28.7. The number of carbonyl (C=O) groups excluding carboxylic acids is 1. The predicted molar refractivity (Wildman–Crippen MR) is 164 cm³/mol. The number of urea groups is 1. The highest BCUT2D eigenvalue weighted by atomic mass is 16.5. The van der Waals surface area contributed by atoms with Crippen LogP contribution in [0.4, 0.5) is 4.79 Å². The molecule has 2 N–H and O–H groups in total. The zero-order valence-electron chi connectivity index (χ0n) is 24.0. The van der Waals surface area contributed by atoms with E-state index >= 15 is 0 Å². The van der Waals surface area contributed by atoms with Crippen molar-refractivity contribution < 1.29 is 9.53 Å². The highest BCUT2D eigenvalue weighted by Gasteiger charge is 2.19. The number of fused-ring (bicyclic) bond motifs is 1. The Labute approximate surface area is 243 Å². The third-order valence-electron chi connectivity index (χ3n) is 7.68. The molecule has 3 aromatic carbocycles. The van der Waals surface area contributed by atoms with Crippen molar-refractivity contribution in [2.75, 3.05) is 39.4 Å². The number of nitrogens with zero attached hydrogens (tertiary/aromatic N) is 3. The number of aromatic nitrogens is 1. The van der Waals surface area contributed by atoms with Gasteiger partial charge in [-0.05, 0) is 52.9 Å².